The molecule has 3 rings (SSSR count). The summed E-state index contributed by atoms with van der Waals surface area (Å²) in [5.74, 6) is -0.601. The van der Waals surface area contributed by atoms with E-state index in [1.807, 2.05) is 0 Å². The molecule has 1 saturated heterocycles. The minimum Gasteiger partial charge on any atom is -0.375 e. The molecule has 2 aromatic rings. The molecular formula is C13H15BrFN5O. The number of hydrogen-bond donors (Lipinski definition) is 3. The Morgan fingerprint density at radius 2 is 2.48 bits per heavy atom. The summed E-state index contributed by atoms with van der Waals surface area (Å²) in [5.41, 5.74) is 5.42. The molecule has 21 heavy (non-hydrogen) atoms. The van der Waals surface area contributed by atoms with Crippen molar-refractivity contribution in [2.24, 2.45) is 5.73 Å². The van der Waals surface area contributed by atoms with Crippen molar-refractivity contribution in [2.75, 3.05) is 18.4 Å². The predicted octanol–water partition coefficient (Wildman–Crippen LogP) is 1.31. The molecule has 6 nitrogen and oxygen atoms in total. The van der Waals surface area contributed by atoms with Crippen LogP contribution in [0.3, 0.4) is 0 Å². The number of amides is 1. The average molecular weight is 356 g/mol. The highest BCUT2D eigenvalue weighted by Crippen LogP contribution is 2.29. The summed E-state index contributed by atoms with van der Waals surface area (Å²) >= 11 is 3.36. The number of carbonyl (C=O) groups is 1. The zero-order valence-corrected chi connectivity index (χ0v) is 12.9. The van der Waals surface area contributed by atoms with E-state index >= 15 is 0 Å². The Labute approximate surface area is 129 Å². The van der Waals surface area contributed by atoms with Crippen molar-refractivity contribution in [3.8, 4) is 0 Å². The molecule has 112 valence electrons. The van der Waals surface area contributed by atoms with Crippen LogP contribution in [0.15, 0.2) is 22.9 Å². The van der Waals surface area contributed by atoms with Gasteiger partial charge in [0, 0.05) is 23.8 Å². The van der Waals surface area contributed by atoms with Gasteiger partial charge in [-0.05, 0) is 28.9 Å². The highest BCUT2D eigenvalue weighted by atomic mass is 79.9. The lowest BCUT2D eigenvalue weighted by Crippen LogP contribution is -2.40. The molecule has 0 spiro atoms. The van der Waals surface area contributed by atoms with Crippen molar-refractivity contribution in [3.05, 3.63) is 28.5 Å². The summed E-state index contributed by atoms with van der Waals surface area (Å²) in [4.78, 5) is 11.6. The number of nitrogens with two attached hydrogens (primary N) is 1. The lowest BCUT2D eigenvalue weighted by Gasteiger charge is -2.25. The van der Waals surface area contributed by atoms with Gasteiger partial charge >= 0.3 is 0 Å². The van der Waals surface area contributed by atoms with E-state index in [1.165, 1.54) is 13.1 Å². The highest BCUT2D eigenvalue weighted by molar-refractivity contribution is 9.10. The Morgan fingerprint density at radius 3 is 3.10 bits per heavy atom. The largest absolute Gasteiger partial charge is 0.375 e. The van der Waals surface area contributed by atoms with Crippen LogP contribution in [0.2, 0.25) is 0 Å². The van der Waals surface area contributed by atoms with E-state index in [9.17, 15) is 9.18 Å². The lowest BCUT2D eigenvalue weighted by atomic mass is 10.0. The molecule has 1 fully saturated rings. The molecule has 0 saturated carbocycles. The van der Waals surface area contributed by atoms with Gasteiger partial charge < -0.3 is 16.4 Å². The molecule has 4 N–H and O–H groups in total. The van der Waals surface area contributed by atoms with E-state index < -0.39 is 17.6 Å². The fourth-order valence-corrected chi connectivity index (χ4v) is 2.95. The topological polar surface area (TPSA) is 84.5 Å². The standard InChI is InChI=1S/C13H15BrFN5O/c1-13(15)6-17-4-10(13)19-11-8(12(16)21)3-18-20-5-7(14)2-9(11)20/h2-3,5,10,17,19H,4,6H2,1H3,(H2,16,21). The van der Waals surface area contributed by atoms with E-state index in [1.54, 1.807) is 16.8 Å². The second-order valence-corrected chi connectivity index (χ2v) is 6.31. The zero-order chi connectivity index (χ0) is 15.2. The first kappa shape index (κ1) is 14.3. The van der Waals surface area contributed by atoms with Crippen LogP contribution in [0.1, 0.15) is 17.3 Å². The number of carbonyl (C=O) groups excluding carboxylic acids is 1. The monoisotopic (exact) mass is 355 g/mol. The summed E-state index contributed by atoms with van der Waals surface area (Å²) < 4.78 is 16.8. The maximum atomic E-state index is 14.4. The van der Waals surface area contributed by atoms with Crippen LogP contribution in [0.4, 0.5) is 10.1 Å². The number of hydrogen-bond acceptors (Lipinski definition) is 4. The van der Waals surface area contributed by atoms with Crippen molar-refractivity contribution < 1.29 is 9.18 Å². The quantitative estimate of drug-likeness (QED) is 0.774. The van der Waals surface area contributed by atoms with Gasteiger partial charge in [-0.3, -0.25) is 4.79 Å². The number of primary amides is 1. The number of nitrogens with zero attached hydrogens (tertiary/aromatic N) is 2. The third-order valence-electron chi connectivity index (χ3n) is 3.73. The van der Waals surface area contributed by atoms with Crippen LogP contribution < -0.4 is 16.4 Å². The molecule has 0 aromatic carbocycles. The van der Waals surface area contributed by atoms with Gasteiger partial charge in [-0.15, -0.1) is 0 Å². The Kier molecular flexibility index (Phi) is 3.37. The van der Waals surface area contributed by atoms with E-state index in [4.69, 9.17) is 5.73 Å². The van der Waals surface area contributed by atoms with Crippen LogP contribution in [0.25, 0.3) is 5.52 Å². The molecule has 1 aliphatic heterocycles. The van der Waals surface area contributed by atoms with Gasteiger partial charge in [-0.25, -0.2) is 8.91 Å². The summed E-state index contributed by atoms with van der Waals surface area (Å²) in [5, 5.41) is 10.2. The van der Waals surface area contributed by atoms with Crippen molar-refractivity contribution in [1.82, 2.24) is 14.9 Å². The van der Waals surface area contributed by atoms with Gasteiger partial charge in [0.1, 0.15) is 5.67 Å². The Hall–Kier alpha value is -1.67. The molecule has 1 amide bonds. The Morgan fingerprint density at radius 1 is 1.71 bits per heavy atom. The average Bonchev–Trinajstić information content (AvgIpc) is 2.92. The van der Waals surface area contributed by atoms with E-state index in [-0.39, 0.29) is 12.1 Å². The summed E-state index contributed by atoms with van der Waals surface area (Å²) in [7, 11) is 0. The predicted molar refractivity (Wildman–Crippen MR) is 81.2 cm³/mol. The lowest BCUT2D eigenvalue weighted by molar-refractivity contribution is 0.1000. The van der Waals surface area contributed by atoms with Crippen LogP contribution >= 0.6 is 15.9 Å². The minimum atomic E-state index is -1.40. The van der Waals surface area contributed by atoms with E-state index in [2.05, 4.69) is 31.7 Å². The second-order valence-electron chi connectivity index (χ2n) is 5.39. The number of anilines is 1. The van der Waals surface area contributed by atoms with Crippen LogP contribution in [-0.2, 0) is 0 Å². The third-order valence-corrected chi connectivity index (χ3v) is 4.17. The fraction of sp³-hybridized carbons (Fsp3) is 0.385. The molecule has 8 heteroatoms. The number of halogens is 2. The maximum absolute atomic E-state index is 14.4. The summed E-state index contributed by atoms with van der Waals surface area (Å²) in [6, 6.07) is 1.36. The molecule has 2 aromatic heterocycles. The van der Waals surface area contributed by atoms with E-state index in [0.717, 1.165) is 4.47 Å². The molecule has 0 bridgehead atoms. The number of rotatable bonds is 3. The number of aromatic nitrogens is 2. The minimum absolute atomic E-state index is 0.246. The van der Waals surface area contributed by atoms with Gasteiger partial charge in [0.05, 0.1) is 29.0 Å². The maximum Gasteiger partial charge on any atom is 0.252 e. The first-order chi connectivity index (χ1) is 9.88. The SMILES string of the molecule is CC1(F)CNCC1Nc1c(C(N)=O)cnn2cc(Br)cc12. The molecule has 3 heterocycles. The van der Waals surface area contributed by atoms with Crippen LogP contribution in [0.5, 0.6) is 0 Å². The molecular weight excluding hydrogens is 341 g/mol. The summed E-state index contributed by atoms with van der Waals surface area (Å²) in [6.07, 6.45) is 3.15. The normalized spacial score (nSPS) is 25.4. The fourth-order valence-electron chi connectivity index (χ4n) is 2.54. The molecule has 0 radical (unpaired) electrons. The van der Waals surface area contributed by atoms with E-state index in [0.29, 0.717) is 17.7 Å². The number of nitrogens with one attached hydrogen (secondary N) is 2. The second kappa shape index (κ2) is 4.96. The molecule has 2 atom stereocenters. The molecule has 0 aliphatic carbocycles. The van der Waals surface area contributed by atoms with Gasteiger partial charge in [0.25, 0.3) is 5.91 Å². The number of fused-ring (bicyclic) bond motifs is 1. The van der Waals surface area contributed by atoms with Gasteiger partial charge in [-0.1, -0.05) is 0 Å². The smallest absolute Gasteiger partial charge is 0.252 e. The Bertz CT molecular complexity index is 714. The Balaban J connectivity index is 2.10. The van der Waals surface area contributed by atoms with Gasteiger partial charge in [-0.2, -0.15) is 5.10 Å². The van der Waals surface area contributed by atoms with Crippen LogP contribution in [-0.4, -0.2) is 40.3 Å². The molecule has 2 unspecified atom stereocenters. The first-order valence-electron chi connectivity index (χ1n) is 6.51. The van der Waals surface area contributed by atoms with Gasteiger partial charge in [0.15, 0.2) is 0 Å². The highest BCUT2D eigenvalue weighted by Gasteiger charge is 2.39. The summed E-state index contributed by atoms with van der Waals surface area (Å²) in [6.45, 7) is 2.27. The van der Waals surface area contributed by atoms with Crippen molar-refractivity contribution >= 4 is 33.0 Å². The third kappa shape index (κ3) is 2.49. The van der Waals surface area contributed by atoms with Crippen molar-refractivity contribution in [1.29, 1.82) is 0 Å². The van der Waals surface area contributed by atoms with Crippen molar-refractivity contribution in [3.63, 3.8) is 0 Å². The number of alkyl halides is 1. The first-order valence-corrected chi connectivity index (χ1v) is 7.30. The van der Waals surface area contributed by atoms with Crippen molar-refractivity contribution in [2.45, 2.75) is 18.6 Å². The molecule has 1 aliphatic rings. The van der Waals surface area contributed by atoms with Crippen LogP contribution in [0, 0.1) is 0 Å². The zero-order valence-electron chi connectivity index (χ0n) is 11.4. The van der Waals surface area contributed by atoms with Gasteiger partial charge in [0.2, 0.25) is 0 Å².